The second-order valence-corrected chi connectivity index (χ2v) is 6.30. The molecule has 2 aromatic rings. The topological polar surface area (TPSA) is 35.5 Å². The van der Waals surface area contributed by atoms with Gasteiger partial charge in [-0.15, -0.1) is 0 Å². The molecule has 1 saturated heterocycles. The predicted molar refractivity (Wildman–Crippen MR) is 95.0 cm³/mol. The molecule has 3 rings (SSSR count). The van der Waals surface area contributed by atoms with Gasteiger partial charge in [-0.1, -0.05) is 30.3 Å². The summed E-state index contributed by atoms with van der Waals surface area (Å²) >= 11 is 0. The van der Waals surface area contributed by atoms with Gasteiger partial charge in [0.1, 0.15) is 5.82 Å². The second kappa shape index (κ2) is 6.96. The van der Waals surface area contributed by atoms with Crippen LogP contribution >= 0.6 is 0 Å². The first kappa shape index (κ1) is 15.7. The number of piperazine rings is 1. The number of aryl methyl sites for hydroxylation is 1. The number of hydrogen-bond acceptors (Lipinski definition) is 5. The van der Waals surface area contributed by atoms with Gasteiger partial charge in [0, 0.05) is 51.5 Å². The van der Waals surface area contributed by atoms with Gasteiger partial charge in [0.15, 0.2) is 0 Å². The average molecular weight is 311 g/mol. The van der Waals surface area contributed by atoms with Crippen molar-refractivity contribution in [1.29, 1.82) is 0 Å². The van der Waals surface area contributed by atoms with Gasteiger partial charge in [0.2, 0.25) is 5.95 Å². The Morgan fingerprint density at radius 1 is 1.04 bits per heavy atom. The fourth-order valence-electron chi connectivity index (χ4n) is 2.82. The molecule has 0 amide bonds. The van der Waals surface area contributed by atoms with Crippen molar-refractivity contribution in [3.05, 3.63) is 47.7 Å². The van der Waals surface area contributed by atoms with E-state index in [1.807, 2.05) is 13.0 Å². The van der Waals surface area contributed by atoms with Crippen LogP contribution in [0.5, 0.6) is 0 Å². The third-order valence-corrected chi connectivity index (χ3v) is 4.27. The Labute approximate surface area is 138 Å². The summed E-state index contributed by atoms with van der Waals surface area (Å²) in [5.74, 6) is 1.84. The van der Waals surface area contributed by atoms with Crippen molar-refractivity contribution in [3.8, 4) is 0 Å². The number of aromatic nitrogens is 2. The van der Waals surface area contributed by atoms with Crippen molar-refractivity contribution in [2.45, 2.75) is 13.5 Å². The van der Waals surface area contributed by atoms with Crippen molar-refractivity contribution in [3.63, 3.8) is 0 Å². The highest BCUT2D eigenvalue weighted by atomic mass is 15.3. The smallest absolute Gasteiger partial charge is 0.227 e. The standard InChI is InChI=1S/C18H25N5/c1-15-13-17(22(3)14-16-7-5-4-6-8-16)20-18(19-15)23-11-9-21(2)10-12-23/h4-8,13H,9-12,14H2,1-3H3. The molecule has 1 aliphatic rings. The van der Waals surface area contributed by atoms with E-state index in [-0.39, 0.29) is 0 Å². The number of likely N-dealkylation sites (N-methyl/N-ethyl adjacent to an activating group) is 1. The molecule has 0 N–H and O–H groups in total. The summed E-state index contributed by atoms with van der Waals surface area (Å²) in [6, 6.07) is 12.5. The molecular weight excluding hydrogens is 286 g/mol. The molecule has 0 bridgehead atoms. The molecule has 0 unspecified atom stereocenters. The lowest BCUT2D eigenvalue weighted by molar-refractivity contribution is 0.311. The monoisotopic (exact) mass is 311 g/mol. The number of rotatable bonds is 4. The van der Waals surface area contributed by atoms with Crippen molar-refractivity contribution in [1.82, 2.24) is 14.9 Å². The third-order valence-electron chi connectivity index (χ3n) is 4.27. The van der Waals surface area contributed by atoms with Gasteiger partial charge in [0.25, 0.3) is 0 Å². The van der Waals surface area contributed by atoms with Crippen molar-refractivity contribution >= 4 is 11.8 Å². The van der Waals surface area contributed by atoms with E-state index in [9.17, 15) is 0 Å². The normalized spacial score (nSPS) is 15.7. The highest BCUT2D eigenvalue weighted by Gasteiger charge is 2.18. The molecule has 0 aliphatic carbocycles. The molecule has 1 fully saturated rings. The Hall–Kier alpha value is -2.14. The Balaban J connectivity index is 1.77. The molecule has 2 heterocycles. The minimum absolute atomic E-state index is 0.847. The summed E-state index contributed by atoms with van der Waals surface area (Å²) in [6.07, 6.45) is 0. The average Bonchev–Trinajstić information content (AvgIpc) is 2.56. The minimum Gasteiger partial charge on any atom is -0.355 e. The Kier molecular flexibility index (Phi) is 4.76. The predicted octanol–water partition coefficient (Wildman–Crippen LogP) is 2.17. The second-order valence-electron chi connectivity index (χ2n) is 6.30. The molecule has 0 atom stereocenters. The molecule has 0 spiro atoms. The quantitative estimate of drug-likeness (QED) is 0.865. The van der Waals surface area contributed by atoms with E-state index < -0.39 is 0 Å². The number of benzene rings is 1. The van der Waals surface area contributed by atoms with Crippen LogP contribution in [-0.2, 0) is 6.54 Å². The summed E-state index contributed by atoms with van der Waals surface area (Å²) in [6.45, 7) is 6.99. The summed E-state index contributed by atoms with van der Waals surface area (Å²) in [7, 11) is 4.25. The summed E-state index contributed by atoms with van der Waals surface area (Å²) in [5.41, 5.74) is 2.30. The van der Waals surface area contributed by atoms with Gasteiger partial charge >= 0.3 is 0 Å². The van der Waals surface area contributed by atoms with Crippen molar-refractivity contribution in [2.24, 2.45) is 0 Å². The SMILES string of the molecule is Cc1cc(N(C)Cc2ccccc2)nc(N2CCN(C)CC2)n1. The summed E-state index contributed by atoms with van der Waals surface area (Å²) in [5, 5.41) is 0. The lowest BCUT2D eigenvalue weighted by atomic mass is 10.2. The summed E-state index contributed by atoms with van der Waals surface area (Å²) in [4.78, 5) is 16.3. The number of anilines is 2. The maximum absolute atomic E-state index is 4.80. The maximum Gasteiger partial charge on any atom is 0.227 e. The molecule has 1 aromatic heterocycles. The van der Waals surface area contributed by atoms with E-state index >= 15 is 0 Å². The molecule has 1 aliphatic heterocycles. The first-order chi connectivity index (χ1) is 11.1. The van der Waals surface area contributed by atoms with Gasteiger partial charge in [-0.25, -0.2) is 4.98 Å². The Bertz CT molecular complexity index is 635. The van der Waals surface area contributed by atoms with Crippen LogP contribution in [0.4, 0.5) is 11.8 Å². The van der Waals surface area contributed by atoms with Gasteiger partial charge < -0.3 is 14.7 Å². The van der Waals surface area contributed by atoms with E-state index in [1.165, 1.54) is 5.56 Å². The van der Waals surface area contributed by atoms with Crippen LogP contribution in [0.15, 0.2) is 36.4 Å². The Morgan fingerprint density at radius 3 is 2.43 bits per heavy atom. The van der Waals surface area contributed by atoms with Gasteiger partial charge in [-0.3, -0.25) is 0 Å². The lowest BCUT2D eigenvalue weighted by Crippen LogP contribution is -2.45. The van der Waals surface area contributed by atoms with Crippen molar-refractivity contribution < 1.29 is 0 Å². The van der Waals surface area contributed by atoms with Crippen molar-refractivity contribution in [2.75, 3.05) is 50.1 Å². The molecule has 0 saturated carbocycles. The van der Waals surface area contributed by atoms with E-state index in [0.717, 1.165) is 50.2 Å². The molecule has 1 aromatic carbocycles. The van der Waals surface area contributed by atoms with Gasteiger partial charge in [-0.05, 0) is 19.5 Å². The molecule has 122 valence electrons. The molecule has 0 radical (unpaired) electrons. The van der Waals surface area contributed by atoms with Crippen LogP contribution in [-0.4, -0.2) is 55.1 Å². The van der Waals surface area contributed by atoms with E-state index in [2.05, 4.69) is 64.1 Å². The molecule has 5 heteroatoms. The zero-order chi connectivity index (χ0) is 16.2. The van der Waals surface area contributed by atoms with E-state index in [4.69, 9.17) is 4.98 Å². The van der Waals surface area contributed by atoms with Crippen LogP contribution in [0.3, 0.4) is 0 Å². The van der Waals surface area contributed by atoms with Crippen LogP contribution in [0, 0.1) is 6.92 Å². The Morgan fingerprint density at radius 2 is 1.74 bits per heavy atom. The highest BCUT2D eigenvalue weighted by Crippen LogP contribution is 2.19. The van der Waals surface area contributed by atoms with Crippen LogP contribution < -0.4 is 9.80 Å². The van der Waals surface area contributed by atoms with Crippen LogP contribution in [0.1, 0.15) is 11.3 Å². The zero-order valence-corrected chi connectivity index (χ0v) is 14.2. The van der Waals surface area contributed by atoms with Gasteiger partial charge in [-0.2, -0.15) is 4.98 Å². The lowest BCUT2D eigenvalue weighted by Gasteiger charge is -2.33. The largest absolute Gasteiger partial charge is 0.355 e. The first-order valence-electron chi connectivity index (χ1n) is 8.16. The first-order valence-corrected chi connectivity index (χ1v) is 8.16. The molecule has 5 nitrogen and oxygen atoms in total. The summed E-state index contributed by atoms with van der Waals surface area (Å²) < 4.78 is 0. The number of nitrogens with zero attached hydrogens (tertiary/aromatic N) is 5. The van der Waals surface area contributed by atoms with Crippen LogP contribution in [0.25, 0.3) is 0 Å². The van der Waals surface area contributed by atoms with E-state index in [0.29, 0.717) is 0 Å². The van der Waals surface area contributed by atoms with E-state index in [1.54, 1.807) is 0 Å². The van der Waals surface area contributed by atoms with Crippen LogP contribution in [0.2, 0.25) is 0 Å². The highest BCUT2D eigenvalue weighted by molar-refractivity contribution is 5.46. The number of hydrogen-bond donors (Lipinski definition) is 0. The fourth-order valence-corrected chi connectivity index (χ4v) is 2.82. The maximum atomic E-state index is 4.80. The fraction of sp³-hybridized carbons (Fsp3) is 0.444. The zero-order valence-electron chi connectivity index (χ0n) is 14.2. The van der Waals surface area contributed by atoms with Gasteiger partial charge in [0.05, 0.1) is 0 Å². The molecular formula is C18H25N5. The minimum atomic E-state index is 0.847. The third kappa shape index (κ3) is 3.99. The molecule has 23 heavy (non-hydrogen) atoms.